The van der Waals surface area contributed by atoms with Crippen molar-refractivity contribution in [2.24, 2.45) is 0 Å². The number of rotatable bonds is 11. The molecule has 1 N–H and O–H groups in total. The van der Waals surface area contributed by atoms with Crippen molar-refractivity contribution in [1.29, 1.82) is 0 Å². The van der Waals surface area contributed by atoms with Crippen molar-refractivity contribution in [1.82, 2.24) is 14.5 Å². The van der Waals surface area contributed by atoms with Crippen molar-refractivity contribution in [3.05, 3.63) is 108 Å². The molecule has 0 radical (unpaired) electrons. The van der Waals surface area contributed by atoms with Gasteiger partial charge < -0.3 is 15.0 Å². The second kappa shape index (κ2) is 12.8. The van der Waals surface area contributed by atoms with Crippen LogP contribution in [-0.4, -0.2) is 63.2 Å². The second-order valence-corrected chi connectivity index (χ2v) is 11.5. The highest BCUT2D eigenvalue weighted by atomic mass is 32.2. The number of hydrogen-bond acceptors (Lipinski definition) is 5. The number of carbonyl (C=O) groups is 2. The van der Waals surface area contributed by atoms with Crippen LogP contribution in [0.4, 0.5) is 0 Å². The van der Waals surface area contributed by atoms with E-state index in [9.17, 15) is 18.0 Å². The zero-order valence-electron chi connectivity index (χ0n) is 22.8. The summed E-state index contributed by atoms with van der Waals surface area (Å²) in [6.07, 6.45) is 0.261. The van der Waals surface area contributed by atoms with Crippen LogP contribution in [0.1, 0.15) is 11.1 Å². The molecule has 0 fully saturated rings. The number of fused-ring (bicyclic) bond motifs is 1. The van der Waals surface area contributed by atoms with Gasteiger partial charge in [-0.1, -0.05) is 72.8 Å². The van der Waals surface area contributed by atoms with E-state index in [1.54, 1.807) is 37.4 Å². The molecular formula is C31H33N3O5S. The van der Waals surface area contributed by atoms with Gasteiger partial charge in [-0.2, -0.15) is 4.31 Å². The molecule has 2 amide bonds. The number of hydrogen-bond donors (Lipinski definition) is 1. The Labute approximate surface area is 235 Å². The highest BCUT2D eigenvalue weighted by Crippen LogP contribution is 2.23. The fourth-order valence-corrected chi connectivity index (χ4v) is 5.72. The SMILES string of the molecule is CNC(=O)[C@H](Cc1ccccc1)N(Cc1cccc(OC)c1)C(=O)CN(C)S(=O)(=O)c1ccc2ccccc2c1. The first-order chi connectivity index (χ1) is 19.2. The van der Waals surface area contributed by atoms with Gasteiger partial charge in [0.2, 0.25) is 21.8 Å². The maximum Gasteiger partial charge on any atom is 0.243 e. The molecule has 8 nitrogen and oxygen atoms in total. The summed E-state index contributed by atoms with van der Waals surface area (Å²) < 4.78 is 33.3. The first kappa shape index (κ1) is 28.8. The summed E-state index contributed by atoms with van der Waals surface area (Å²) in [5.74, 6) is -0.236. The number of ether oxygens (including phenoxy) is 1. The lowest BCUT2D eigenvalue weighted by atomic mass is 10.0. The smallest absolute Gasteiger partial charge is 0.243 e. The van der Waals surface area contributed by atoms with Crippen LogP contribution in [0.25, 0.3) is 10.8 Å². The van der Waals surface area contributed by atoms with Gasteiger partial charge in [0.05, 0.1) is 18.6 Å². The van der Waals surface area contributed by atoms with Gasteiger partial charge in [-0.15, -0.1) is 0 Å². The highest BCUT2D eigenvalue weighted by molar-refractivity contribution is 7.89. The number of nitrogens with zero attached hydrogens (tertiary/aromatic N) is 2. The first-order valence-corrected chi connectivity index (χ1v) is 14.3. The van der Waals surface area contributed by atoms with Crippen molar-refractivity contribution in [3.8, 4) is 5.75 Å². The van der Waals surface area contributed by atoms with Gasteiger partial charge >= 0.3 is 0 Å². The minimum atomic E-state index is -3.99. The van der Waals surface area contributed by atoms with Crippen LogP contribution in [0.5, 0.6) is 5.75 Å². The number of nitrogens with one attached hydrogen (secondary N) is 1. The molecule has 4 aromatic carbocycles. The maximum atomic E-state index is 13.9. The van der Waals surface area contributed by atoms with E-state index in [-0.39, 0.29) is 23.8 Å². The summed E-state index contributed by atoms with van der Waals surface area (Å²) in [6.45, 7) is -0.355. The molecule has 4 rings (SSSR count). The normalized spacial score (nSPS) is 12.2. The van der Waals surface area contributed by atoms with Gasteiger partial charge in [0.15, 0.2) is 0 Å². The molecule has 0 heterocycles. The zero-order valence-corrected chi connectivity index (χ0v) is 23.6. The van der Waals surface area contributed by atoms with E-state index in [2.05, 4.69) is 5.32 Å². The van der Waals surface area contributed by atoms with Crippen LogP contribution in [0, 0.1) is 0 Å². The molecule has 0 aliphatic heterocycles. The van der Waals surface area contributed by atoms with E-state index in [0.29, 0.717) is 5.75 Å². The maximum absolute atomic E-state index is 13.9. The van der Waals surface area contributed by atoms with Crippen LogP contribution >= 0.6 is 0 Å². The summed E-state index contributed by atoms with van der Waals surface area (Å²) in [4.78, 5) is 28.5. The molecule has 0 aromatic heterocycles. The fourth-order valence-electron chi connectivity index (χ4n) is 4.56. The van der Waals surface area contributed by atoms with E-state index < -0.39 is 28.5 Å². The highest BCUT2D eigenvalue weighted by Gasteiger charge is 2.32. The minimum absolute atomic E-state index is 0.0881. The Hall–Kier alpha value is -4.21. The first-order valence-electron chi connectivity index (χ1n) is 12.9. The van der Waals surface area contributed by atoms with Gasteiger partial charge in [0, 0.05) is 27.1 Å². The molecule has 0 bridgehead atoms. The average molecular weight is 560 g/mol. The third-order valence-corrected chi connectivity index (χ3v) is 8.59. The zero-order chi connectivity index (χ0) is 28.7. The van der Waals surface area contributed by atoms with E-state index in [0.717, 1.165) is 26.2 Å². The Bertz CT molecular complexity index is 1590. The van der Waals surface area contributed by atoms with Crippen molar-refractivity contribution in [2.45, 2.75) is 23.9 Å². The van der Waals surface area contributed by atoms with Crippen molar-refractivity contribution in [3.63, 3.8) is 0 Å². The molecule has 40 heavy (non-hydrogen) atoms. The molecule has 4 aromatic rings. The number of carbonyl (C=O) groups excluding carboxylic acids is 2. The molecule has 1 atom stereocenters. The third kappa shape index (κ3) is 6.67. The number of sulfonamides is 1. The quantitative estimate of drug-likeness (QED) is 0.301. The Morgan fingerprint density at radius 2 is 1.52 bits per heavy atom. The van der Waals surface area contributed by atoms with E-state index in [4.69, 9.17) is 4.74 Å². The summed E-state index contributed by atoms with van der Waals surface area (Å²) >= 11 is 0. The summed E-state index contributed by atoms with van der Waals surface area (Å²) in [7, 11) is 0.457. The topological polar surface area (TPSA) is 96.0 Å². The molecule has 0 saturated heterocycles. The van der Waals surface area contributed by atoms with Gasteiger partial charge in [-0.05, 0) is 46.2 Å². The van der Waals surface area contributed by atoms with Gasteiger partial charge in [0.1, 0.15) is 11.8 Å². The number of benzene rings is 4. The van der Waals surface area contributed by atoms with Crippen LogP contribution in [0.15, 0.2) is 102 Å². The molecule has 0 unspecified atom stereocenters. The van der Waals surface area contributed by atoms with Crippen molar-refractivity contribution >= 4 is 32.6 Å². The molecule has 0 aliphatic rings. The third-order valence-electron chi connectivity index (χ3n) is 6.79. The average Bonchev–Trinajstić information content (AvgIpc) is 2.98. The van der Waals surface area contributed by atoms with E-state index >= 15 is 0 Å². The van der Waals surface area contributed by atoms with Crippen molar-refractivity contribution in [2.75, 3.05) is 27.7 Å². The standard InChI is InChI=1S/C31H33N3O5S/c1-32-31(36)29(19-23-10-5-4-6-11-23)34(21-24-12-9-15-27(18-24)39-3)30(35)22-33(2)40(37,38)28-17-16-25-13-7-8-14-26(25)20-28/h4-18,20,29H,19,21-22H2,1-3H3,(H,32,36)/t29-/m0/s1. The largest absolute Gasteiger partial charge is 0.497 e. The fraction of sp³-hybridized carbons (Fsp3) is 0.226. The molecule has 0 saturated carbocycles. The minimum Gasteiger partial charge on any atom is -0.497 e. The predicted octanol–water partition coefficient (Wildman–Crippen LogP) is 3.86. The van der Waals surface area contributed by atoms with Crippen molar-refractivity contribution < 1.29 is 22.7 Å². The molecule has 0 spiro atoms. The van der Waals surface area contributed by atoms with Crippen LogP contribution in [-0.2, 0) is 32.6 Å². The number of amides is 2. The van der Waals surface area contributed by atoms with Gasteiger partial charge in [0.25, 0.3) is 0 Å². The summed E-state index contributed by atoms with van der Waals surface area (Å²) in [6, 6.07) is 28.1. The lowest BCUT2D eigenvalue weighted by molar-refractivity contribution is -0.141. The Morgan fingerprint density at radius 3 is 2.23 bits per heavy atom. The summed E-state index contributed by atoms with van der Waals surface area (Å²) in [5, 5.41) is 4.36. The van der Waals surface area contributed by atoms with Crippen LogP contribution in [0.3, 0.4) is 0 Å². The Morgan fingerprint density at radius 1 is 0.850 bits per heavy atom. The molecule has 0 aliphatic carbocycles. The lowest BCUT2D eigenvalue weighted by Crippen LogP contribution is -2.52. The lowest BCUT2D eigenvalue weighted by Gasteiger charge is -2.32. The van der Waals surface area contributed by atoms with Gasteiger partial charge in [-0.3, -0.25) is 9.59 Å². The monoisotopic (exact) mass is 559 g/mol. The van der Waals surface area contributed by atoms with Crippen LogP contribution in [0.2, 0.25) is 0 Å². The molecule has 9 heteroatoms. The number of likely N-dealkylation sites (N-methyl/N-ethyl adjacent to an activating group) is 2. The summed E-state index contributed by atoms with van der Waals surface area (Å²) in [5.41, 5.74) is 1.62. The Balaban J connectivity index is 1.66. The van der Waals surface area contributed by atoms with Crippen LogP contribution < -0.4 is 10.1 Å². The number of methoxy groups -OCH3 is 1. The molecular weight excluding hydrogens is 526 g/mol. The predicted molar refractivity (Wildman–Crippen MR) is 155 cm³/mol. The van der Waals surface area contributed by atoms with E-state index in [1.165, 1.54) is 25.1 Å². The second-order valence-electron chi connectivity index (χ2n) is 9.46. The van der Waals surface area contributed by atoms with Gasteiger partial charge in [-0.25, -0.2) is 8.42 Å². The molecule has 208 valence electrons. The Kier molecular flexibility index (Phi) is 9.19. The van der Waals surface area contributed by atoms with E-state index in [1.807, 2.05) is 60.7 Å².